The average Bonchev–Trinajstić information content (AvgIpc) is 1.35. The van der Waals surface area contributed by atoms with Gasteiger partial charge < -0.3 is 0 Å². The fraction of sp³-hybridized carbons (Fsp3) is 1.00. The molecule has 1 nitrogen and oxygen atoms in total. The van der Waals surface area contributed by atoms with E-state index in [1.165, 1.54) is 0 Å². The Labute approximate surface area is 47.6 Å². The molecule has 2 heteroatoms. The quantitative estimate of drug-likeness (QED) is 0.499. The fourth-order valence-electron chi connectivity index (χ4n) is 0.333. The normalized spacial score (nSPS) is 10.5. The molecule has 0 spiro atoms. The first-order chi connectivity index (χ1) is 2.77. The predicted octanol–water partition coefficient (Wildman–Crippen LogP) is -0.0606. The summed E-state index contributed by atoms with van der Waals surface area (Å²) in [5, 5.41) is 0. The van der Waals surface area contributed by atoms with Crippen LogP contribution in [0.5, 0.6) is 0 Å². The van der Waals surface area contributed by atoms with E-state index >= 15 is 0 Å². The van der Waals surface area contributed by atoms with Crippen LogP contribution in [-0.4, -0.2) is 23.5 Å². The molecule has 0 fully saturated rings. The fourth-order valence-corrected chi connectivity index (χ4v) is 1.73. The second-order valence-electron chi connectivity index (χ2n) is 1.85. The summed E-state index contributed by atoms with van der Waals surface area (Å²) in [6.07, 6.45) is 0. The van der Waals surface area contributed by atoms with Crippen molar-refractivity contribution < 1.29 is 3.76 Å². The van der Waals surface area contributed by atoms with Crippen molar-refractivity contribution in [3.63, 3.8) is 0 Å². The Bertz CT molecular complexity index is 28.7. The van der Waals surface area contributed by atoms with Crippen molar-refractivity contribution in [3.05, 3.63) is 0 Å². The first-order valence-corrected chi connectivity index (χ1v) is 3.97. The van der Waals surface area contributed by atoms with E-state index in [4.69, 9.17) is 3.76 Å². The molecule has 0 atom stereocenters. The zero-order valence-electron chi connectivity index (χ0n) is 4.69. The Morgan fingerprint density at radius 3 is 2.17 bits per heavy atom. The molecule has 0 unspecified atom stereocenters. The molecule has 0 aromatic rings. The van der Waals surface area contributed by atoms with Crippen LogP contribution in [0.15, 0.2) is 0 Å². The van der Waals surface area contributed by atoms with Gasteiger partial charge in [0, 0.05) is 0 Å². The van der Waals surface area contributed by atoms with Gasteiger partial charge in [-0.3, -0.25) is 0 Å². The molecular formula is C4H12GeO. The standard InChI is InChI=1S/C4H12GeO/c1-4(2)3-6-5/h4H,3H2,1-2,5H3. The van der Waals surface area contributed by atoms with Gasteiger partial charge in [0.05, 0.1) is 0 Å². The molecular weight excluding hydrogens is 137 g/mol. The van der Waals surface area contributed by atoms with Crippen molar-refractivity contribution in [2.24, 2.45) is 5.92 Å². The number of rotatable bonds is 2. The maximum absolute atomic E-state index is 4.99. The number of hydrogen-bond acceptors (Lipinski definition) is 1. The van der Waals surface area contributed by atoms with Gasteiger partial charge in [-0.1, -0.05) is 0 Å². The van der Waals surface area contributed by atoms with Crippen LogP contribution < -0.4 is 0 Å². The minimum absolute atomic E-state index is 0.595. The van der Waals surface area contributed by atoms with E-state index in [1.54, 1.807) is 0 Å². The zero-order valence-corrected chi connectivity index (χ0v) is 8.89. The van der Waals surface area contributed by atoms with Gasteiger partial charge in [0.1, 0.15) is 0 Å². The van der Waals surface area contributed by atoms with Gasteiger partial charge in [-0.15, -0.1) is 0 Å². The Balaban J connectivity index is 2.63. The van der Waals surface area contributed by atoms with E-state index in [1.807, 2.05) is 0 Å². The van der Waals surface area contributed by atoms with E-state index in [0.29, 0.717) is 16.9 Å². The molecule has 0 aliphatic rings. The van der Waals surface area contributed by atoms with Crippen LogP contribution in [0.3, 0.4) is 0 Å². The van der Waals surface area contributed by atoms with Gasteiger partial charge in [-0.2, -0.15) is 0 Å². The summed E-state index contributed by atoms with van der Waals surface area (Å²) in [6.45, 7) is 5.28. The van der Waals surface area contributed by atoms with E-state index in [0.717, 1.165) is 12.5 Å². The Morgan fingerprint density at radius 1 is 1.67 bits per heavy atom. The van der Waals surface area contributed by atoms with Crippen molar-refractivity contribution in [2.75, 3.05) is 6.61 Å². The molecule has 0 heterocycles. The van der Waals surface area contributed by atoms with Crippen molar-refractivity contribution in [3.8, 4) is 0 Å². The third-order valence-electron chi connectivity index (χ3n) is 0.500. The first kappa shape index (κ1) is 6.50. The van der Waals surface area contributed by atoms with Crippen molar-refractivity contribution >= 4 is 16.9 Å². The number of hydrogen-bond donors (Lipinski definition) is 0. The molecule has 0 aliphatic heterocycles. The van der Waals surface area contributed by atoms with E-state index in [9.17, 15) is 0 Å². The molecule has 0 saturated carbocycles. The summed E-state index contributed by atoms with van der Waals surface area (Å²) in [6, 6.07) is 0. The molecule has 0 aromatic heterocycles. The summed E-state index contributed by atoms with van der Waals surface area (Å²) >= 11 is 0.595. The molecule has 6 heavy (non-hydrogen) atoms. The molecule has 0 radical (unpaired) electrons. The third kappa shape index (κ3) is 4.50. The van der Waals surface area contributed by atoms with Crippen molar-refractivity contribution in [1.29, 1.82) is 0 Å². The second-order valence-corrected chi connectivity index (χ2v) is 3.06. The van der Waals surface area contributed by atoms with Crippen LogP contribution in [0.4, 0.5) is 0 Å². The SMILES string of the molecule is CC(C)C[O][GeH3]. The summed E-state index contributed by atoms with van der Waals surface area (Å²) in [5.74, 6) is 0.723. The van der Waals surface area contributed by atoms with Crippen LogP contribution in [0.25, 0.3) is 0 Å². The topological polar surface area (TPSA) is 9.23 Å². The molecule has 0 aromatic carbocycles. The van der Waals surface area contributed by atoms with Crippen LogP contribution in [0, 0.1) is 5.92 Å². The van der Waals surface area contributed by atoms with Gasteiger partial charge in [0.15, 0.2) is 0 Å². The molecule has 38 valence electrons. The summed E-state index contributed by atoms with van der Waals surface area (Å²) < 4.78 is 4.99. The zero-order chi connectivity index (χ0) is 4.99. The van der Waals surface area contributed by atoms with E-state index < -0.39 is 0 Å². The van der Waals surface area contributed by atoms with Gasteiger partial charge in [0.25, 0.3) is 0 Å². The van der Waals surface area contributed by atoms with Gasteiger partial charge >= 0.3 is 47.0 Å². The maximum atomic E-state index is 4.99. The third-order valence-corrected chi connectivity index (χ3v) is 1.20. The summed E-state index contributed by atoms with van der Waals surface area (Å²) in [7, 11) is 0. The summed E-state index contributed by atoms with van der Waals surface area (Å²) in [4.78, 5) is 0. The Kier molecular flexibility index (Phi) is 3.99. The Morgan fingerprint density at radius 2 is 2.17 bits per heavy atom. The molecule has 0 N–H and O–H groups in total. The van der Waals surface area contributed by atoms with Gasteiger partial charge in [-0.25, -0.2) is 0 Å². The predicted molar refractivity (Wildman–Crippen MR) is 30.7 cm³/mol. The average molecular weight is 149 g/mol. The minimum atomic E-state index is 0.595. The molecule has 0 rings (SSSR count). The molecule has 0 amide bonds. The molecule has 0 saturated heterocycles. The van der Waals surface area contributed by atoms with Crippen LogP contribution in [0.1, 0.15) is 13.8 Å². The van der Waals surface area contributed by atoms with Gasteiger partial charge in [0.2, 0.25) is 0 Å². The van der Waals surface area contributed by atoms with E-state index in [-0.39, 0.29) is 0 Å². The van der Waals surface area contributed by atoms with Crippen LogP contribution in [0.2, 0.25) is 0 Å². The van der Waals surface area contributed by atoms with Gasteiger partial charge in [-0.05, 0) is 0 Å². The summed E-state index contributed by atoms with van der Waals surface area (Å²) in [5.41, 5.74) is 0. The molecule has 0 bridgehead atoms. The van der Waals surface area contributed by atoms with Crippen LogP contribution in [-0.2, 0) is 3.76 Å². The monoisotopic (exact) mass is 150 g/mol. The van der Waals surface area contributed by atoms with Crippen LogP contribution >= 0.6 is 0 Å². The van der Waals surface area contributed by atoms with Crippen molar-refractivity contribution in [2.45, 2.75) is 13.8 Å². The first-order valence-electron chi connectivity index (χ1n) is 2.26. The van der Waals surface area contributed by atoms with Crippen molar-refractivity contribution in [1.82, 2.24) is 0 Å². The van der Waals surface area contributed by atoms with E-state index in [2.05, 4.69) is 13.8 Å². The molecule has 0 aliphatic carbocycles. The second kappa shape index (κ2) is 3.68. The Hall–Kier alpha value is 0.503.